The van der Waals surface area contributed by atoms with Crippen LogP contribution in [0.25, 0.3) is 0 Å². The summed E-state index contributed by atoms with van der Waals surface area (Å²) in [4.78, 5) is 0. The van der Waals surface area contributed by atoms with Crippen molar-refractivity contribution < 1.29 is 10.2 Å². The molecule has 0 aliphatic rings. The maximum absolute atomic E-state index is 9.65. The molecule has 0 bridgehead atoms. The third-order valence-corrected chi connectivity index (χ3v) is 4.34. The highest BCUT2D eigenvalue weighted by molar-refractivity contribution is 4.56. The Hall–Kier alpha value is -0.0800. The first-order valence-electron chi connectivity index (χ1n) is 9.60. The monoisotopic (exact) mass is 300 g/mol. The lowest BCUT2D eigenvalue weighted by atomic mass is 10.0. The normalized spacial score (nSPS) is 12.7. The standard InChI is InChI=1S/C19H40O2/c1-2-3-4-5-6-7-8-9-10-11-12-13-14-16-19(21)17-15-18-20/h19-21H,2-18H2,1H3. The van der Waals surface area contributed by atoms with Gasteiger partial charge in [0.25, 0.3) is 0 Å². The molecule has 0 aromatic heterocycles. The van der Waals surface area contributed by atoms with Gasteiger partial charge >= 0.3 is 0 Å². The Morgan fingerprint density at radius 3 is 1.38 bits per heavy atom. The van der Waals surface area contributed by atoms with E-state index in [1.165, 1.54) is 77.0 Å². The van der Waals surface area contributed by atoms with Crippen molar-refractivity contribution in [2.75, 3.05) is 6.61 Å². The molecule has 2 nitrogen and oxygen atoms in total. The second-order valence-corrected chi connectivity index (χ2v) is 6.55. The van der Waals surface area contributed by atoms with Gasteiger partial charge in [0.05, 0.1) is 6.10 Å². The Bertz CT molecular complexity index is 182. The number of rotatable bonds is 17. The van der Waals surface area contributed by atoms with E-state index >= 15 is 0 Å². The molecule has 0 heterocycles. The summed E-state index contributed by atoms with van der Waals surface area (Å²) in [5.74, 6) is 0. The quantitative estimate of drug-likeness (QED) is 0.343. The van der Waals surface area contributed by atoms with Gasteiger partial charge in [-0.1, -0.05) is 90.4 Å². The molecule has 2 N–H and O–H groups in total. The van der Waals surface area contributed by atoms with Crippen molar-refractivity contribution in [3.8, 4) is 0 Å². The summed E-state index contributed by atoms with van der Waals surface area (Å²) < 4.78 is 0. The van der Waals surface area contributed by atoms with Gasteiger partial charge in [0, 0.05) is 6.61 Å². The van der Waals surface area contributed by atoms with Crippen LogP contribution in [-0.2, 0) is 0 Å². The first kappa shape index (κ1) is 20.9. The molecule has 0 radical (unpaired) electrons. The second kappa shape index (κ2) is 18.0. The van der Waals surface area contributed by atoms with E-state index in [2.05, 4.69) is 6.92 Å². The van der Waals surface area contributed by atoms with Crippen molar-refractivity contribution in [3.05, 3.63) is 0 Å². The van der Waals surface area contributed by atoms with Crippen molar-refractivity contribution in [2.24, 2.45) is 0 Å². The topological polar surface area (TPSA) is 40.5 Å². The van der Waals surface area contributed by atoms with Crippen LogP contribution in [0.4, 0.5) is 0 Å². The van der Waals surface area contributed by atoms with Gasteiger partial charge in [-0.25, -0.2) is 0 Å². The van der Waals surface area contributed by atoms with E-state index in [-0.39, 0.29) is 12.7 Å². The number of unbranched alkanes of at least 4 members (excludes halogenated alkanes) is 12. The van der Waals surface area contributed by atoms with Crippen LogP contribution < -0.4 is 0 Å². The molecule has 0 rings (SSSR count). The molecule has 0 aliphatic carbocycles. The van der Waals surface area contributed by atoms with Crippen LogP contribution in [0.15, 0.2) is 0 Å². The van der Waals surface area contributed by atoms with Crippen molar-refractivity contribution in [1.82, 2.24) is 0 Å². The summed E-state index contributed by atoms with van der Waals surface area (Å²) in [5.41, 5.74) is 0. The second-order valence-electron chi connectivity index (χ2n) is 6.55. The van der Waals surface area contributed by atoms with E-state index in [9.17, 15) is 5.11 Å². The average Bonchev–Trinajstić information content (AvgIpc) is 2.49. The lowest BCUT2D eigenvalue weighted by Crippen LogP contribution is -2.06. The van der Waals surface area contributed by atoms with E-state index in [4.69, 9.17) is 5.11 Å². The van der Waals surface area contributed by atoms with Crippen LogP contribution in [0.2, 0.25) is 0 Å². The van der Waals surface area contributed by atoms with Gasteiger partial charge in [-0.2, -0.15) is 0 Å². The minimum Gasteiger partial charge on any atom is -0.396 e. The minimum absolute atomic E-state index is 0.190. The molecular formula is C19H40O2. The summed E-state index contributed by atoms with van der Waals surface area (Å²) in [6.07, 6.45) is 20.0. The highest BCUT2D eigenvalue weighted by atomic mass is 16.3. The van der Waals surface area contributed by atoms with Gasteiger partial charge in [-0.3, -0.25) is 0 Å². The fraction of sp³-hybridized carbons (Fsp3) is 1.00. The predicted molar refractivity (Wildman–Crippen MR) is 92.6 cm³/mol. The van der Waals surface area contributed by atoms with Gasteiger partial charge in [-0.15, -0.1) is 0 Å². The Labute approximate surface area is 133 Å². The number of hydrogen-bond donors (Lipinski definition) is 2. The Morgan fingerprint density at radius 2 is 0.952 bits per heavy atom. The highest BCUT2D eigenvalue weighted by Gasteiger charge is 2.02. The summed E-state index contributed by atoms with van der Waals surface area (Å²) >= 11 is 0. The minimum atomic E-state index is -0.190. The molecule has 128 valence electrons. The maximum Gasteiger partial charge on any atom is 0.0541 e. The molecule has 0 amide bonds. The first-order chi connectivity index (χ1) is 10.3. The highest BCUT2D eigenvalue weighted by Crippen LogP contribution is 2.14. The van der Waals surface area contributed by atoms with Crippen molar-refractivity contribution in [1.29, 1.82) is 0 Å². The van der Waals surface area contributed by atoms with E-state index in [0.29, 0.717) is 0 Å². The zero-order chi connectivity index (χ0) is 15.6. The number of hydrogen-bond acceptors (Lipinski definition) is 2. The lowest BCUT2D eigenvalue weighted by Gasteiger charge is -2.09. The first-order valence-corrected chi connectivity index (χ1v) is 9.60. The zero-order valence-electron chi connectivity index (χ0n) is 14.5. The summed E-state index contributed by atoms with van der Waals surface area (Å²) in [5, 5.41) is 18.3. The van der Waals surface area contributed by atoms with E-state index in [0.717, 1.165) is 25.7 Å². The van der Waals surface area contributed by atoms with Gasteiger partial charge in [0.1, 0.15) is 0 Å². The smallest absolute Gasteiger partial charge is 0.0541 e. The summed E-state index contributed by atoms with van der Waals surface area (Å²) in [6, 6.07) is 0. The van der Waals surface area contributed by atoms with Crippen LogP contribution in [0, 0.1) is 0 Å². The SMILES string of the molecule is CCCCCCCCCCCCCCCC(O)CCCO. The molecular weight excluding hydrogens is 260 g/mol. The molecule has 1 atom stereocenters. The van der Waals surface area contributed by atoms with Crippen LogP contribution in [0.1, 0.15) is 110 Å². The number of aliphatic hydroxyl groups excluding tert-OH is 2. The molecule has 0 saturated carbocycles. The molecule has 21 heavy (non-hydrogen) atoms. The lowest BCUT2D eigenvalue weighted by molar-refractivity contribution is 0.137. The van der Waals surface area contributed by atoms with Gasteiger partial charge in [-0.05, 0) is 19.3 Å². The Morgan fingerprint density at radius 1 is 0.571 bits per heavy atom. The molecule has 0 aliphatic heterocycles. The maximum atomic E-state index is 9.65. The molecule has 0 spiro atoms. The predicted octanol–water partition coefficient (Wildman–Crippen LogP) is 5.60. The fourth-order valence-electron chi connectivity index (χ4n) is 2.87. The van der Waals surface area contributed by atoms with Crippen molar-refractivity contribution >= 4 is 0 Å². The largest absolute Gasteiger partial charge is 0.396 e. The van der Waals surface area contributed by atoms with Crippen LogP contribution in [0.3, 0.4) is 0 Å². The van der Waals surface area contributed by atoms with Crippen LogP contribution >= 0.6 is 0 Å². The molecule has 2 heteroatoms. The van der Waals surface area contributed by atoms with E-state index in [1.54, 1.807) is 0 Å². The molecule has 0 aromatic carbocycles. The van der Waals surface area contributed by atoms with Gasteiger partial charge < -0.3 is 10.2 Å². The summed E-state index contributed by atoms with van der Waals surface area (Å²) in [7, 11) is 0. The molecule has 1 unspecified atom stereocenters. The van der Waals surface area contributed by atoms with E-state index < -0.39 is 0 Å². The fourth-order valence-corrected chi connectivity index (χ4v) is 2.87. The van der Waals surface area contributed by atoms with Gasteiger partial charge in [0.2, 0.25) is 0 Å². The zero-order valence-corrected chi connectivity index (χ0v) is 14.5. The molecule has 0 fully saturated rings. The number of aliphatic hydroxyl groups is 2. The van der Waals surface area contributed by atoms with Crippen LogP contribution in [-0.4, -0.2) is 22.9 Å². The van der Waals surface area contributed by atoms with Gasteiger partial charge in [0.15, 0.2) is 0 Å². The third kappa shape index (κ3) is 17.9. The molecule has 0 saturated heterocycles. The Kier molecular flexibility index (Phi) is 17.9. The van der Waals surface area contributed by atoms with Crippen LogP contribution in [0.5, 0.6) is 0 Å². The molecule has 0 aromatic rings. The average molecular weight is 301 g/mol. The summed E-state index contributed by atoms with van der Waals surface area (Å²) in [6.45, 7) is 2.48. The van der Waals surface area contributed by atoms with E-state index in [1.807, 2.05) is 0 Å². The third-order valence-electron chi connectivity index (χ3n) is 4.34. The van der Waals surface area contributed by atoms with Crippen molar-refractivity contribution in [2.45, 2.75) is 116 Å². The van der Waals surface area contributed by atoms with Crippen molar-refractivity contribution in [3.63, 3.8) is 0 Å². The Balaban J connectivity index is 3.02.